The highest BCUT2D eigenvalue weighted by Crippen LogP contribution is 2.65. The molecule has 4 heteroatoms. The second kappa shape index (κ2) is 4.91. The van der Waals surface area contributed by atoms with Crippen LogP contribution >= 0.6 is 11.6 Å². The van der Waals surface area contributed by atoms with Crippen molar-refractivity contribution >= 4 is 23.2 Å². The Morgan fingerprint density at radius 1 is 1.29 bits per heavy atom. The summed E-state index contributed by atoms with van der Waals surface area (Å²) in [5.41, 5.74) is 0.850. The van der Waals surface area contributed by atoms with E-state index in [4.69, 9.17) is 11.6 Å². The van der Waals surface area contributed by atoms with Gasteiger partial charge in [0.25, 0.3) is 0 Å². The molecule has 0 saturated heterocycles. The predicted octanol–water partition coefficient (Wildman–Crippen LogP) is 4.54. The fraction of sp³-hybridized carbons (Fsp3) is 0.600. The molecule has 0 aromatic carbocycles. The Balaban J connectivity index is 1.80. The molecule has 0 aromatic heterocycles. The van der Waals surface area contributed by atoms with Gasteiger partial charge in [0.1, 0.15) is 0 Å². The first-order valence-corrected chi connectivity index (χ1v) is 9.08. The molecule has 3 fully saturated rings. The Morgan fingerprint density at radius 2 is 2.00 bits per heavy atom. The van der Waals surface area contributed by atoms with Gasteiger partial charge in [-0.2, -0.15) is 0 Å². The molecular formula is C20H22ClFO2. The molecular weight excluding hydrogens is 327 g/mol. The van der Waals surface area contributed by atoms with Gasteiger partial charge in [-0.15, -0.1) is 0 Å². The number of halogens is 2. The summed E-state index contributed by atoms with van der Waals surface area (Å²) in [6.07, 6.45) is 4.79. The van der Waals surface area contributed by atoms with Crippen LogP contribution < -0.4 is 0 Å². The molecule has 1 unspecified atom stereocenters. The summed E-state index contributed by atoms with van der Waals surface area (Å²) < 4.78 is 14.2. The number of ketones is 2. The highest BCUT2D eigenvalue weighted by molar-refractivity contribution is 6.45. The summed E-state index contributed by atoms with van der Waals surface area (Å²) in [6, 6.07) is 0. The topological polar surface area (TPSA) is 34.1 Å². The van der Waals surface area contributed by atoms with E-state index in [1.165, 1.54) is 0 Å². The normalized spacial score (nSPS) is 47.6. The number of Topliss-reactive ketones (excluding diaryl/α,β-unsaturated/α-hetero) is 1. The lowest BCUT2D eigenvalue weighted by Gasteiger charge is -2.56. The first kappa shape index (κ1) is 16.3. The number of fused-ring (bicyclic) bond motifs is 5. The summed E-state index contributed by atoms with van der Waals surface area (Å²) in [5, 5.41) is 0.280. The Morgan fingerprint density at radius 3 is 2.71 bits per heavy atom. The van der Waals surface area contributed by atoms with Crippen LogP contribution in [0.4, 0.5) is 4.39 Å². The summed E-state index contributed by atoms with van der Waals surface area (Å²) in [7, 11) is 0. The van der Waals surface area contributed by atoms with Crippen LogP contribution in [0.5, 0.6) is 0 Å². The second-order valence-corrected chi connectivity index (χ2v) is 8.76. The molecule has 2 nitrogen and oxygen atoms in total. The van der Waals surface area contributed by atoms with Crippen LogP contribution in [0.25, 0.3) is 0 Å². The SMILES string of the molecule is C=C1C[C@@H]2[C@H](CC[C@]3(C)C(=O)C(F)C[C@@H]23)[C@@]2(C)C=CC(=O)C(Cl)=C12. The quantitative estimate of drug-likeness (QED) is 0.644. The summed E-state index contributed by atoms with van der Waals surface area (Å²) in [6.45, 7) is 8.24. The molecule has 128 valence electrons. The maximum Gasteiger partial charge on any atom is 0.197 e. The van der Waals surface area contributed by atoms with Crippen LogP contribution in [0.15, 0.2) is 34.9 Å². The van der Waals surface area contributed by atoms with Crippen molar-refractivity contribution in [3.05, 3.63) is 34.9 Å². The summed E-state index contributed by atoms with van der Waals surface area (Å²) >= 11 is 6.35. The van der Waals surface area contributed by atoms with E-state index in [2.05, 4.69) is 13.5 Å². The highest BCUT2D eigenvalue weighted by atomic mass is 35.5. The lowest BCUT2D eigenvalue weighted by molar-refractivity contribution is -0.134. The van der Waals surface area contributed by atoms with E-state index in [0.717, 1.165) is 17.6 Å². The lowest BCUT2D eigenvalue weighted by Crippen LogP contribution is -2.50. The van der Waals surface area contributed by atoms with Gasteiger partial charge in [-0.1, -0.05) is 38.1 Å². The van der Waals surface area contributed by atoms with Crippen molar-refractivity contribution in [1.29, 1.82) is 0 Å². The summed E-state index contributed by atoms with van der Waals surface area (Å²) in [5.74, 6) is 0.169. The molecule has 0 amide bonds. The van der Waals surface area contributed by atoms with Crippen molar-refractivity contribution < 1.29 is 14.0 Å². The molecule has 0 aliphatic heterocycles. The molecule has 0 N–H and O–H groups in total. The fourth-order valence-corrected chi connectivity index (χ4v) is 6.46. The number of carbonyl (C=O) groups is 2. The van der Waals surface area contributed by atoms with E-state index in [1.54, 1.807) is 6.08 Å². The van der Waals surface area contributed by atoms with E-state index in [1.807, 2.05) is 13.0 Å². The molecule has 6 atom stereocenters. The van der Waals surface area contributed by atoms with Gasteiger partial charge < -0.3 is 0 Å². The standard InChI is InChI=1S/C20H22ClFO2/c1-10-8-11-12(19(2)7-5-15(23)17(21)16(10)19)4-6-20(3)13(11)9-14(22)18(20)24/h5,7,11-14H,1,4,6,8-9H2,2-3H3/t11-,12+,13+,14?,19-,20+/m1/s1. The molecule has 4 rings (SSSR count). The third-order valence-corrected chi connectivity index (χ3v) is 7.67. The summed E-state index contributed by atoms with van der Waals surface area (Å²) in [4.78, 5) is 24.4. The highest BCUT2D eigenvalue weighted by Gasteiger charge is 2.62. The number of rotatable bonds is 0. The van der Waals surface area contributed by atoms with Gasteiger partial charge in [0, 0.05) is 10.8 Å². The van der Waals surface area contributed by atoms with Crippen molar-refractivity contribution in [2.24, 2.45) is 28.6 Å². The van der Waals surface area contributed by atoms with Gasteiger partial charge >= 0.3 is 0 Å². The first-order chi connectivity index (χ1) is 11.2. The van der Waals surface area contributed by atoms with E-state index in [0.29, 0.717) is 19.3 Å². The minimum absolute atomic E-state index is 0.0543. The van der Waals surface area contributed by atoms with Gasteiger partial charge in [0.15, 0.2) is 17.7 Å². The Hall–Kier alpha value is -1.22. The van der Waals surface area contributed by atoms with Gasteiger partial charge in [-0.3, -0.25) is 9.59 Å². The molecule has 4 aliphatic carbocycles. The number of hydrogen-bond donors (Lipinski definition) is 0. The van der Waals surface area contributed by atoms with Crippen LogP contribution in [0.2, 0.25) is 0 Å². The largest absolute Gasteiger partial charge is 0.296 e. The maximum atomic E-state index is 14.2. The van der Waals surface area contributed by atoms with Crippen molar-refractivity contribution in [2.75, 3.05) is 0 Å². The number of hydrogen-bond acceptors (Lipinski definition) is 2. The third kappa shape index (κ3) is 1.82. The lowest BCUT2D eigenvalue weighted by atomic mass is 9.48. The van der Waals surface area contributed by atoms with Gasteiger partial charge in [0.05, 0.1) is 5.03 Å². The van der Waals surface area contributed by atoms with Crippen molar-refractivity contribution in [1.82, 2.24) is 0 Å². The first-order valence-electron chi connectivity index (χ1n) is 8.70. The Labute approximate surface area is 146 Å². The third-order valence-electron chi connectivity index (χ3n) is 7.30. The van der Waals surface area contributed by atoms with Gasteiger partial charge in [-0.05, 0) is 60.7 Å². The van der Waals surface area contributed by atoms with E-state index >= 15 is 0 Å². The Kier molecular flexibility index (Phi) is 3.32. The second-order valence-electron chi connectivity index (χ2n) is 8.38. The maximum absolute atomic E-state index is 14.2. The molecule has 4 aliphatic rings. The molecule has 0 aromatic rings. The molecule has 24 heavy (non-hydrogen) atoms. The fourth-order valence-electron chi connectivity index (χ4n) is 6.06. The van der Waals surface area contributed by atoms with E-state index in [9.17, 15) is 14.0 Å². The molecule has 0 radical (unpaired) electrons. The van der Waals surface area contributed by atoms with Crippen LogP contribution in [-0.2, 0) is 9.59 Å². The molecule has 0 heterocycles. The monoisotopic (exact) mass is 348 g/mol. The zero-order valence-corrected chi connectivity index (χ0v) is 14.8. The smallest absolute Gasteiger partial charge is 0.197 e. The molecule has 0 spiro atoms. The van der Waals surface area contributed by atoms with E-state index in [-0.39, 0.29) is 39.8 Å². The zero-order valence-electron chi connectivity index (χ0n) is 14.1. The molecule has 0 bridgehead atoms. The van der Waals surface area contributed by atoms with Crippen LogP contribution in [0.1, 0.15) is 39.5 Å². The minimum Gasteiger partial charge on any atom is -0.296 e. The number of carbonyl (C=O) groups excluding carboxylic acids is 2. The molecule has 3 saturated carbocycles. The average Bonchev–Trinajstić information content (AvgIpc) is 2.75. The van der Waals surface area contributed by atoms with Gasteiger partial charge in [0.2, 0.25) is 0 Å². The average molecular weight is 349 g/mol. The minimum atomic E-state index is -1.33. The van der Waals surface area contributed by atoms with Crippen LogP contribution in [0.3, 0.4) is 0 Å². The predicted molar refractivity (Wildman–Crippen MR) is 91.2 cm³/mol. The van der Waals surface area contributed by atoms with Crippen LogP contribution in [-0.4, -0.2) is 17.7 Å². The zero-order chi connectivity index (χ0) is 17.4. The van der Waals surface area contributed by atoms with Crippen LogP contribution in [0, 0.1) is 28.6 Å². The van der Waals surface area contributed by atoms with Crippen molar-refractivity contribution in [2.45, 2.75) is 45.7 Å². The van der Waals surface area contributed by atoms with E-state index < -0.39 is 11.6 Å². The van der Waals surface area contributed by atoms with Gasteiger partial charge in [-0.25, -0.2) is 4.39 Å². The van der Waals surface area contributed by atoms with Crippen molar-refractivity contribution in [3.8, 4) is 0 Å². The number of allylic oxidation sites excluding steroid dienone is 5. The Bertz CT molecular complexity index is 736. The van der Waals surface area contributed by atoms with Crippen molar-refractivity contribution in [3.63, 3.8) is 0 Å². The number of alkyl halides is 1.